The van der Waals surface area contributed by atoms with Crippen LogP contribution in [0.3, 0.4) is 0 Å². The minimum atomic E-state index is -0.209. The van der Waals surface area contributed by atoms with Crippen LogP contribution >= 0.6 is 0 Å². The van der Waals surface area contributed by atoms with Crippen molar-refractivity contribution in [2.75, 3.05) is 0 Å². The second-order valence-electron chi connectivity index (χ2n) is 7.14. The van der Waals surface area contributed by atoms with E-state index in [1.807, 2.05) is 31.2 Å². The fourth-order valence-corrected chi connectivity index (χ4v) is 4.11. The summed E-state index contributed by atoms with van der Waals surface area (Å²) in [5, 5.41) is 5.27. The summed E-state index contributed by atoms with van der Waals surface area (Å²) in [6.45, 7) is 4.09. The van der Waals surface area contributed by atoms with Crippen LogP contribution in [0.5, 0.6) is 5.75 Å². The molecular formula is C20H22N2O3. The minimum absolute atomic E-state index is 0.135. The molecule has 1 saturated heterocycles. The molecule has 1 aromatic carbocycles. The van der Waals surface area contributed by atoms with Gasteiger partial charge < -0.3 is 4.74 Å². The highest BCUT2D eigenvalue weighted by atomic mass is 16.5. The maximum atomic E-state index is 12.6. The first-order valence-electron chi connectivity index (χ1n) is 8.95. The molecule has 2 bridgehead atoms. The molecule has 5 heteroatoms. The van der Waals surface area contributed by atoms with E-state index < -0.39 is 0 Å². The molecule has 25 heavy (non-hydrogen) atoms. The molecule has 1 saturated carbocycles. The number of amides is 2. The van der Waals surface area contributed by atoms with Crippen molar-refractivity contribution in [2.24, 2.45) is 28.8 Å². The average molecular weight is 338 g/mol. The Hall–Kier alpha value is -2.43. The second-order valence-corrected chi connectivity index (χ2v) is 7.14. The molecule has 2 amide bonds. The van der Waals surface area contributed by atoms with Crippen LogP contribution in [0.4, 0.5) is 0 Å². The molecule has 0 radical (unpaired) electrons. The Labute approximate surface area is 147 Å². The smallest absolute Gasteiger partial charge is 0.254 e. The molecule has 2 fully saturated rings. The predicted molar refractivity (Wildman–Crippen MR) is 94.0 cm³/mol. The summed E-state index contributed by atoms with van der Waals surface area (Å²) in [5.41, 5.74) is 0.805. The molecule has 0 spiro atoms. The highest BCUT2D eigenvalue weighted by molar-refractivity contribution is 6.06. The van der Waals surface area contributed by atoms with Crippen LogP contribution in [0.15, 0.2) is 41.5 Å². The first-order chi connectivity index (χ1) is 12.1. The summed E-state index contributed by atoms with van der Waals surface area (Å²) in [5.74, 6) is 0.443. The quantitative estimate of drug-likeness (QED) is 0.471. The van der Waals surface area contributed by atoms with Gasteiger partial charge in [0.25, 0.3) is 11.8 Å². The topological polar surface area (TPSA) is 59.0 Å². The van der Waals surface area contributed by atoms with Crippen LogP contribution in [-0.4, -0.2) is 29.1 Å². The predicted octanol–water partition coefficient (Wildman–Crippen LogP) is 3.00. The van der Waals surface area contributed by atoms with Gasteiger partial charge in [0.1, 0.15) is 5.75 Å². The summed E-state index contributed by atoms with van der Waals surface area (Å²) < 4.78 is 5.80. The number of allylic oxidation sites excluding steroid dienone is 2. The van der Waals surface area contributed by atoms with Crippen molar-refractivity contribution in [3.05, 3.63) is 42.0 Å². The lowest BCUT2D eigenvalue weighted by Crippen LogP contribution is -2.28. The lowest BCUT2D eigenvalue weighted by Gasteiger charge is -2.13. The number of benzene rings is 1. The van der Waals surface area contributed by atoms with E-state index in [0.717, 1.165) is 29.2 Å². The molecule has 0 aromatic heterocycles. The Kier molecular flexibility index (Phi) is 3.94. The summed E-state index contributed by atoms with van der Waals surface area (Å²) in [6.07, 6.45) is 7.72. The van der Waals surface area contributed by atoms with Crippen molar-refractivity contribution in [1.29, 1.82) is 0 Å². The van der Waals surface area contributed by atoms with Gasteiger partial charge in [-0.3, -0.25) is 9.59 Å². The van der Waals surface area contributed by atoms with Gasteiger partial charge >= 0.3 is 0 Å². The van der Waals surface area contributed by atoms with Crippen molar-refractivity contribution in [3.63, 3.8) is 0 Å². The van der Waals surface area contributed by atoms with Gasteiger partial charge in [-0.15, -0.1) is 0 Å². The van der Waals surface area contributed by atoms with E-state index in [9.17, 15) is 9.59 Å². The molecule has 4 rings (SSSR count). The van der Waals surface area contributed by atoms with Crippen LogP contribution in [-0.2, 0) is 9.59 Å². The molecule has 3 aliphatic rings. The Morgan fingerprint density at radius 3 is 2.56 bits per heavy atom. The maximum absolute atomic E-state index is 12.6. The lowest BCUT2D eigenvalue weighted by molar-refractivity contribution is -0.140. The lowest BCUT2D eigenvalue weighted by atomic mass is 9.85. The minimum Gasteiger partial charge on any atom is -0.491 e. The normalized spacial score (nSPS) is 31.2. The zero-order chi connectivity index (χ0) is 17.6. The number of ether oxygens (including phenoxy) is 1. The van der Waals surface area contributed by atoms with Crippen molar-refractivity contribution >= 4 is 18.0 Å². The molecule has 0 N–H and O–H groups in total. The highest BCUT2D eigenvalue weighted by Gasteiger charge is 2.59. The van der Waals surface area contributed by atoms with E-state index in [1.54, 1.807) is 6.21 Å². The SMILES string of the molecule is CCC(C)Oc1cccc(C=NN2C(=O)C3C4C=CC(C4)C3C2=O)c1. The van der Waals surface area contributed by atoms with Gasteiger partial charge in [-0.25, -0.2) is 0 Å². The van der Waals surface area contributed by atoms with Crippen LogP contribution in [0.25, 0.3) is 0 Å². The highest BCUT2D eigenvalue weighted by Crippen LogP contribution is 2.52. The van der Waals surface area contributed by atoms with Crippen molar-refractivity contribution < 1.29 is 14.3 Å². The summed E-state index contributed by atoms with van der Waals surface area (Å²) in [6, 6.07) is 7.52. The first kappa shape index (κ1) is 16.1. The van der Waals surface area contributed by atoms with Gasteiger partial charge in [-0.2, -0.15) is 10.1 Å². The molecule has 5 nitrogen and oxygen atoms in total. The van der Waals surface area contributed by atoms with Crippen LogP contribution < -0.4 is 4.74 Å². The van der Waals surface area contributed by atoms with E-state index in [1.165, 1.54) is 0 Å². The largest absolute Gasteiger partial charge is 0.491 e. The van der Waals surface area contributed by atoms with Gasteiger partial charge in [0.2, 0.25) is 0 Å². The van der Waals surface area contributed by atoms with Gasteiger partial charge in [0, 0.05) is 0 Å². The molecule has 5 unspecified atom stereocenters. The fourth-order valence-electron chi connectivity index (χ4n) is 4.11. The van der Waals surface area contributed by atoms with Gasteiger partial charge in [0.05, 0.1) is 24.2 Å². The number of carbonyl (C=O) groups excluding carboxylic acids is 2. The van der Waals surface area contributed by atoms with Gasteiger partial charge in [-0.05, 0) is 49.3 Å². The maximum Gasteiger partial charge on any atom is 0.254 e. The molecule has 130 valence electrons. The molecule has 1 aliphatic heterocycles. The van der Waals surface area contributed by atoms with E-state index in [0.29, 0.717) is 0 Å². The fraction of sp³-hybridized carbons (Fsp3) is 0.450. The standard InChI is InChI=1S/C20H22N2O3/c1-3-12(2)25-16-6-4-5-13(9-16)11-21-22-19(23)17-14-7-8-15(10-14)18(17)20(22)24/h4-9,11-12,14-15,17-18H,3,10H2,1-2H3. The number of fused-ring (bicyclic) bond motifs is 5. The summed E-state index contributed by atoms with van der Waals surface area (Å²) in [7, 11) is 0. The van der Waals surface area contributed by atoms with E-state index in [4.69, 9.17) is 4.74 Å². The Balaban J connectivity index is 1.50. The number of imide groups is 1. The van der Waals surface area contributed by atoms with E-state index in [2.05, 4.69) is 24.2 Å². The van der Waals surface area contributed by atoms with Crippen molar-refractivity contribution in [1.82, 2.24) is 5.01 Å². The number of carbonyl (C=O) groups is 2. The monoisotopic (exact) mass is 338 g/mol. The zero-order valence-corrected chi connectivity index (χ0v) is 14.5. The Bertz CT molecular complexity index is 740. The molecule has 1 heterocycles. The van der Waals surface area contributed by atoms with Crippen molar-refractivity contribution in [3.8, 4) is 5.75 Å². The number of nitrogens with zero attached hydrogens (tertiary/aromatic N) is 2. The van der Waals surface area contributed by atoms with Gasteiger partial charge in [0.15, 0.2) is 0 Å². The Morgan fingerprint density at radius 2 is 1.92 bits per heavy atom. The third kappa shape index (κ3) is 2.68. The van der Waals surface area contributed by atoms with Gasteiger partial charge in [-0.1, -0.05) is 31.2 Å². The van der Waals surface area contributed by atoms with Crippen LogP contribution in [0.1, 0.15) is 32.3 Å². The summed E-state index contributed by atoms with van der Waals surface area (Å²) >= 11 is 0. The third-order valence-electron chi connectivity index (χ3n) is 5.54. The number of hydrazone groups is 1. The molecule has 1 aromatic rings. The second kappa shape index (κ2) is 6.14. The molecule has 5 atom stereocenters. The summed E-state index contributed by atoms with van der Waals surface area (Å²) in [4.78, 5) is 25.2. The van der Waals surface area contributed by atoms with E-state index in [-0.39, 0.29) is 41.6 Å². The first-order valence-corrected chi connectivity index (χ1v) is 8.95. The van der Waals surface area contributed by atoms with Crippen molar-refractivity contribution in [2.45, 2.75) is 32.8 Å². The Morgan fingerprint density at radius 1 is 1.24 bits per heavy atom. The number of rotatable bonds is 5. The zero-order valence-electron chi connectivity index (χ0n) is 14.5. The third-order valence-corrected chi connectivity index (χ3v) is 5.54. The molecule has 2 aliphatic carbocycles. The average Bonchev–Trinajstić information content (AvgIpc) is 3.28. The van der Waals surface area contributed by atoms with E-state index >= 15 is 0 Å². The van der Waals surface area contributed by atoms with Crippen LogP contribution in [0.2, 0.25) is 0 Å². The number of hydrogen-bond acceptors (Lipinski definition) is 4. The van der Waals surface area contributed by atoms with Crippen LogP contribution in [0, 0.1) is 23.7 Å². The molecular weight excluding hydrogens is 316 g/mol. The number of hydrogen-bond donors (Lipinski definition) is 0.